The lowest BCUT2D eigenvalue weighted by Crippen LogP contribution is -2.41. The number of aromatic nitrogens is 4. The molecule has 0 fully saturated rings. The first-order chi connectivity index (χ1) is 14.8. The Kier molecular flexibility index (Phi) is 6.91. The first-order valence-corrected chi connectivity index (χ1v) is 10.4. The second-order valence-electron chi connectivity index (χ2n) is 7.34. The van der Waals surface area contributed by atoms with Crippen LogP contribution in [0, 0.1) is 0 Å². The zero-order valence-electron chi connectivity index (χ0n) is 18.0. The van der Waals surface area contributed by atoms with Crippen molar-refractivity contribution in [1.82, 2.24) is 24.4 Å². The fourth-order valence-electron chi connectivity index (χ4n) is 3.30. The molecule has 1 aromatic carbocycles. The first kappa shape index (κ1) is 22.3. The first-order valence-electron chi connectivity index (χ1n) is 10.4. The van der Waals surface area contributed by atoms with Gasteiger partial charge in [0.05, 0.1) is 6.17 Å². The van der Waals surface area contributed by atoms with Crippen molar-refractivity contribution in [2.45, 2.75) is 52.9 Å². The van der Waals surface area contributed by atoms with E-state index in [1.807, 2.05) is 13.8 Å². The number of fused-ring (bicyclic) bond motifs is 1. The molecule has 0 radical (unpaired) electrons. The quantitative estimate of drug-likeness (QED) is 0.438. The summed E-state index contributed by atoms with van der Waals surface area (Å²) in [5, 5.41) is 2.54. The number of nitrogens with one attached hydrogen (secondary N) is 2. The van der Waals surface area contributed by atoms with Gasteiger partial charge in [-0.25, -0.2) is 9.78 Å². The van der Waals surface area contributed by atoms with E-state index in [4.69, 9.17) is 10.5 Å². The molecule has 1 atom stereocenters. The van der Waals surface area contributed by atoms with Crippen LogP contribution in [0.25, 0.3) is 22.6 Å². The molecule has 10 nitrogen and oxygen atoms in total. The highest BCUT2D eigenvalue weighted by Crippen LogP contribution is 2.21. The molecule has 3 aromatic rings. The monoisotopic (exact) mass is 428 g/mol. The van der Waals surface area contributed by atoms with Gasteiger partial charge in [0.25, 0.3) is 11.5 Å². The van der Waals surface area contributed by atoms with Crippen LogP contribution in [0.2, 0.25) is 0 Å². The third-order valence-electron chi connectivity index (χ3n) is 4.64. The van der Waals surface area contributed by atoms with Crippen molar-refractivity contribution in [2.75, 3.05) is 6.61 Å². The Labute approximate surface area is 179 Å². The third-order valence-corrected chi connectivity index (χ3v) is 4.64. The minimum absolute atomic E-state index is 0.147. The van der Waals surface area contributed by atoms with Crippen LogP contribution in [0.3, 0.4) is 0 Å². The molecule has 1 amide bonds. The lowest BCUT2D eigenvalue weighted by atomic mass is 10.2. The van der Waals surface area contributed by atoms with Crippen molar-refractivity contribution in [3.05, 3.63) is 45.1 Å². The summed E-state index contributed by atoms with van der Waals surface area (Å²) >= 11 is 0. The standard InChI is InChI=1S/C21H28N6O4/c1-4-10-26-19-17(20(29)27(11-5-2)21(26)30)24-18(25-19)14-6-8-15(9-7-14)31-12-16(28)23-13(3)22/h6-9,13H,4-5,10-12,22H2,1-3H3,(H,23,28)(H,24,25). The van der Waals surface area contributed by atoms with E-state index in [0.29, 0.717) is 42.2 Å². The van der Waals surface area contributed by atoms with Gasteiger partial charge in [0.2, 0.25) is 0 Å². The summed E-state index contributed by atoms with van der Waals surface area (Å²) < 4.78 is 8.25. The maximum atomic E-state index is 12.8. The summed E-state index contributed by atoms with van der Waals surface area (Å²) in [6, 6.07) is 6.94. The molecule has 0 saturated carbocycles. The minimum Gasteiger partial charge on any atom is -0.484 e. The zero-order chi connectivity index (χ0) is 22.5. The van der Waals surface area contributed by atoms with E-state index < -0.39 is 6.17 Å². The summed E-state index contributed by atoms with van der Waals surface area (Å²) in [5.74, 6) is 0.674. The number of ether oxygens (including phenoxy) is 1. The van der Waals surface area contributed by atoms with Gasteiger partial charge in [-0.15, -0.1) is 0 Å². The lowest BCUT2D eigenvalue weighted by molar-refractivity contribution is -0.123. The van der Waals surface area contributed by atoms with Gasteiger partial charge in [-0.1, -0.05) is 13.8 Å². The van der Waals surface area contributed by atoms with E-state index in [-0.39, 0.29) is 23.8 Å². The molecule has 3 rings (SSSR count). The minimum atomic E-state index is -0.446. The highest BCUT2D eigenvalue weighted by molar-refractivity contribution is 5.78. The van der Waals surface area contributed by atoms with Gasteiger partial charge in [-0.2, -0.15) is 0 Å². The number of imidazole rings is 1. The number of carbonyl (C=O) groups is 1. The van der Waals surface area contributed by atoms with Crippen LogP contribution in [0.15, 0.2) is 33.9 Å². The predicted octanol–water partition coefficient (Wildman–Crippen LogP) is 1.17. The summed E-state index contributed by atoms with van der Waals surface area (Å²) in [4.78, 5) is 44.9. The van der Waals surface area contributed by atoms with Gasteiger partial charge in [0.15, 0.2) is 12.3 Å². The topological polar surface area (TPSA) is 137 Å². The van der Waals surface area contributed by atoms with Crippen molar-refractivity contribution in [1.29, 1.82) is 0 Å². The number of aromatic amines is 1. The van der Waals surface area contributed by atoms with E-state index in [0.717, 1.165) is 12.0 Å². The predicted molar refractivity (Wildman–Crippen MR) is 118 cm³/mol. The molecule has 0 aliphatic carbocycles. The van der Waals surface area contributed by atoms with E-state index in [2.05, 4.69) is 15.3 Å². The number of amides is 1. The van der Waals surface area contributed by atoms with E-state index >= 15 is 0 Å². The molecule has 2 heterocycles. The number of hydrogen-bond donors (Lipinski definition) is 3. The number of H-pyrrole nitrogens is 1. The van der Waals surface area contributed by atoms with Crippen LogP contribution in [0.5, 0.6) is 5.75 Å². The third kappa shape index (κ3) is 4.85. The Morgan fingerprint density at radius 1 is 1.16 bits per heavy atom. The van der Waals surface area contributed by atoms with Gasteiger partial charge in [0, 0.05) is 18.7 Å². The van der Waals surface area contributed by atoms with Crippen molar-refractivity contribution in [3.8, 4) is 17.1 Å². The van der Waals surface area contributed by atoms with Crippen LogP contribution < -0.4 is 27.0 Å². The maximum absolute atomic E-state index is 12.8. The molecular weight excluding hydrogens is 400 g/mol. The fraction of sp³-hybridized carbons (Fsp3) is 0.429. The van der Waals surface area contributed by atoms with Crippen LogP contribution in [0.4, 0.5) is 0 Å². The summed E-state index contributed by atoms with van der Waals surface area (Å²) in [5.41, 5.74) is 6.19. The number of aryl methyl sites for hydroxylation is 1. The van der Waals surface area contributed by atoms with Crippen molar-refractivity contribution in [3.63, 3.8) is 0 Å². The second kappa shape index (κ2) is 9.61. The maximum Gasteiger partial charge on any atom is 0.332 e. The molecule has 2 aromatic heterocycles. The van der Waals surface area contributed by atoms with Crippen LogP contribution in [-0.4, -0.2) is 37.8 Å². The molecule has 10 heteroatoms. The highest BCUT2D eigenvalue weighted by atomic mass is 16.5. The lowest BCUT2D eigenvalue weighted by Gasteiger charge is -2.09. The molecule has 0 aliphatic heterocycles. The number of hydrogen-bond acceptors (Lipinski definition) is 6. The normalized spacial score (nSPS) is 12.1. The van der Waals surface area contributed by atoms with Crippen molar-refractivity contribution < 1.29 is 9.53 Å². The Hall–Kier alpha value is -3.40. The van der Waals surface area contributed by atoms with Gasteiger partial charge in [-0.3, -0.25) is 18.7 Å². The molecule has 1 unspecified atom stereocenters. The molecular formula is C21H28N6O4. The summed E-state index contributed by atoms with van der Waals surface area (Å²) in [6.07, 6.45) is 0.972. The van der Waals surface area contributed by atoms with Gasteiger partial charge >= 0.3 is 5.69 Å². The van der Waals surface area contributed by atoms with Crippen molar-refractivity contribution >= 4 is 17.1 Å². The number of rotatable bonds is 9. The SMILES string of the molecule is CCCn1c(=O)c2[nH]c(-c3ccc(OCC(=O)NC(C)N)cc3)nc2n(CCC)c1=O. The highest BCUT2D eigenvalue weighted by Gasteiger charge is 2.17. The molecule has 0 aliphatic rings. The number of nitrogens with two attached hydrogens (primary N) is 1. The van der Waals surface area contributed by atoms with E-state index in [1.54, 1.807) is 35.8 Å². The zero-order valence-corrected chi connectivity index (χ0v) is 18.0. The smallest absolute Gasteiger partial charge is 0.332 e. The molecule has 166 valence electrons. The Morgan fingerprint density at radius 3 is 2.42 bits per heavy atom. The summed E-state index contributed by atoms with van der Waals surface area (Å²) in [7, 11) is 0. The van der Waals surface area contributed by atoms with Gasteiger partial charge in [-0.05, 0) is 44.0 Å². The van der Waals surface area contributed by atoms with E-state index in [9.17, 15) is 14.4 Å². The van der Waals surface area contributed by atoms with Crippen LogP contribution >= 0.6 is 0 Å². The second-order valence-corrected chi connectivity index (χ2v) is 7.34. The molecule has 0 spiro atoms. The van der Waals surface area contributed by atoms with Crippen LogP contribution in [0.1, 0.15) is 33.6 Å². The van der Waals surface area contributed by atoms with Crippen molar-refractivity contribution in [2.24, 2.45) is 5.73 Å². The molecule has 0 bridgehead atoms. The van der Waals surface area contributed by atoms with Gasteiger partial charge in [0.1, 0.15) is 17.1 Å². The fourth-order valence-corrected chi connectivity index (χ4v) is 3.30. The molecule has 4 N–H and O–H groups in total. The number of carbonyl (C=O) groups excluding carboxylic acids is 1. The summed E-state index contributed by atoms with van der Waals surface area (Å²) in [6.45, 7) is 6.23. The Bertz CT molecular complexity index is 1170. The number of nitrogens with zero attached hydrogens (tertiary/aromatic N) is 3. The molecule has 31 heavy (non-hydrogen) atoms. The van der Waals surface area contributed by atoms with E-state index in [1.165, 1.54) is 4.57 Å². The average molecular weight is 428 g/mol. The average Bonchev–Trinajstić information content (AvgIpc) is 3.18. The Morgan fingerprint density at radius 2 is 1.81 bits per heavy atom. The Balaban J connectivity index is 1.92. The largest absolute Gasteiger partial charge is 0.484 e. The van der Waals surface area contributed by atoms with Gasteiger partial charge < -0.3 is 20.8 Å². The number of benzene rings is 1. The molecule has 0 saturated heterocycles. The van der Waals surface area contributed by atoms with Crippen LogP contribution in [-0.2, 0) is 17.9 Å².